The smallest absolute Gasteiger partial charge is 0.407 e. The maximum Gasteiger partial charge on any atom is 0.407 e. The molecule has 0 aliphatic carbocycles. The Morgan fingerprint density at radius 1 is 1.20 bits per heavy atom. The summed E-state index contributed by atoms with van der Waals surface area (Å²) in [7, 11) is -1.18. The first-order valence-corrected chi connectivity index (χ1v) is 14.8. The second-order valence-electron chi connectivity index (χ2n) is 9.71. The number of hydrogen-bond acceptors (Lipinski definition) is 5. The Labute approximate surface area is 187 Å². The molecule has 170 valence electrons. The van der Waals surface area contributed by atoms with E-state index in [1.165, 1.54) is 0 Å². The molecule has 0 aliphatic heterocycles. The molecule has 1 N–H and O–H groups in total. The molecule has 0 radical (unpaired) electrons. The van der Waals surface area contributed by atoms with Gasteiger partial charge in [-0.25, -0.2) is 4.79 Å². The van der Waals surface area contributed by atoms with Crippen LogP contribution >= 0.6 is 12.2 Å². The predicted octanol–water partition coefficient (Wildman–Crippen LogP) is 5.34. The lowest BCUT2D eigenvalue weighted by Gasteiger charge is -2.20. The average Bonchev–Trinajstić information content (AvgIpc) is 2.57. The van der Waals surface area contributed by atoms with Gasteiger partial charge in [0, 0.05) is 44.0 Å². The topological polar surface area (TPSA) is 69.6 Å². The zero-order valence-corrected chi connectivity index (χ0v) is 21.2. The van der Waals surface area contributed by atoms with E-state index in [-0.39, 0.29) is 5.97 Å². The highest BCUT2D eigenvalue weighted by Gasteiger charge is 2.16. The van der Waals surface area contributed by atoms with E-state index in [9.17, 15) is 9.59 Å². The number of esters is 1. The summed E-state index contributed by atoms with van der Waals surface area (Å²) in [4.78, 5) is 23.7. The summed E-state index contributed by atoms with van der Waals surface area (Å²) in [6, 6.07) is 4.87. The van der Waals surface area contributed by atoms with Crippen LogP contribution in [0.5, 0.6) is 0 Å². The standard InChI is InChI=1S/C22H38N2O4SSi/c1-22(2,3)28-21(26)23-12-8-13-24-14-11-19(29)17-18(24)9-7-10-20(25)27-15-16-30(4,5)6/h11,14,17H,7-10,12-13,15-16H2,1-6H3,(H,23,26). The van der Waals surface area contributed by atoms with Crippen molar-refractivity contribution in [2.75, 3.05) is 13.2 Å². The fourth-order valence-corrected chi connectivity index (χ4v) is 3.61. The first-order valence-electron chi connectivity index (χ1n) is 10.7. The number of nitrogens with one attached hydrogen (secondary N) is 1. The van der Waals surface area contributed by atoms with Gasteiger partial charge in [-0.15, -0.1) is 0 Å². The van der Waals surface area contributed by atoms with Gasteiger partial charge in [0.25, 0.3) is 0 Å². The summed E-state index contributed by atoms with van der Waals surface area (Å²) >= 11 is 5.30. The number of aryl methyl sites for hydroxylation is 2. The lowest BCUT2D eigenvalue weighted by Crippen LogP contribution is -2.33. The minimum Gasteiger partial charge on any atom is -0.466 e. The van der Waals surface area contributed by atoms with Crippen molar-refractivity contribution in [3.8, 4) is 0 Å². The third-order valence-corrected chi connectivity index (χ3v) is 6.23. The van der Waals surface area contributed by atoms with E-state index in [1.54, 1.807) is 0 Å². The summed E-state index contributed by atoms with van der Waals surface area (Å²) in [5.74, 6) is -0.129. The van der Waals surface area contributed by atoms with Gasteiger partial charge in [-0.3, -0.25) is 4.79 Å². The highest BCUT2D eigenvalue weighted by molar-refractivity contribution is 7.71. The molecule has 8 heteroatoms. The van der Waals surface area contributed by atoms with Gasteiger partial charge >= 0.3 is 12.1 Å². The summed E-state index contributed by atoms with van der Waals surface area (Å²) in [5.41, 5.74) is 0.593. The minimum absolute atomic E-state index is 0.129. The number of carbonyl (C=O) groups is 2. The summed E-state index contributed by atoms with van der Waals surface area (Å²) in [6.45, 7) is 14.1. The van der Waals surface area contributed by atoms with E-state index in [2.05, 4.69) is 29.5 Å². The molecular weight excluding hydrogens is 416 g/mol. The number of hydrogen-bond donors (Lipinski definition) is 1. The molecule has 0 bridgehead atoms. The number of aromatic nitrogens is 1. The van der Waals surface area contributed by atoms with E-state index >= 15 is 0 Å². The molecule has 0 unspecified atom stereocenters. The number of rotatable bonds is 11. The second-order valence-corrected chi connectivity index (χ2v) is 15.8. The van der Waals surface area contributed by atoms with Gasteiger partial charge in [-0.2, -0.15) is 0 Å². The van der Waals surface area contributed by atoms with Crippen LogP contribution in [0.15, 0.2) is 18.3 Å². The maximum absolute atomic E-state index is 12.0. The number of ether oxygens (including phenoxy) is 2. The van der Waals surface area contributed by atoms with Crippen molar-refractivity contribution in [1.29, 1.82) is 0 Å². The third-order valence-electron chi connectivity index (χ3n) is 4.27. The first kappa shape index (κ1) is 26.4. The van der Waals surface area contributed by atoms with Gasteiger partial charge in [-0.1, -0.05) is 31.9 Å². The maximum atomic E-state index is 12.0. The van der Waals surface area contributed by atoms with Crippen LogP contribution in [0.25, 0.3) is 0 Å². The van der Waals surface area contributed by atoms with Gasteiger partial charge in [0.1, 0.15) is 5.60 Å². The Balaban J connectivity index is 2.43. The van der Waals surface area contributed by atoms with E-state index < -0.39 is 19.8 Å². The van der Waals surface area contributed by atoms with Crippen molar-refractivity contribution < 1.29 is 19.1 Å². The van der Waals surface area contributed by atoms with E-state index in [1.807, 2.05) is 39.1 Å². The summed E-state index contributed by atoms with van der Waals surface area (Å²) in [6.07, 6.45) is 4.23. The van der Waals surface area contributed by atoms with Crippen LogP contribution in [-0.4, -0.2) is 43.5 Å². The van der Waals surface area contributed by atoms with Gasteiger partial charge in [0.05, 0.1) is 6.61 Å². The number of pyridine rings is 1. The Hall–Kier alpha value is -1.67. The molecule has 30 heavy (non-hydrogen) atoms. The van der Waals surface area contributed by atoms with Crippen molar-refractivity contribution in [2.24, 2.45) is 0 Å². The monoisotopic (exact) mass is 454 g/mol. The molecule has 0 saturated heterocycles. The Kier molecular flexibility index (Phi) is 10.8. The lowest BCUT2D eigenvalue weighted by molar-refractivity contribution is -0.143. The Morgan fingerprint density at radius 3 is 2.53 bits per heavy atom. The fraction of sp³-hybridized carbons (Fsp3) is 0.682. The molecule has 0 atom stereocenters. The first-order chi connectivity index (χ1) is 13.9. The van der Waals surface area contributed by atoms with Crippen LogP contribution < -0.4 is 5.32 Å². The van der Waals surface area contributed by atoms with E-state index in [4.69, 9.17) is 21.7 Å². The van der Waals surface area contributed by atoms with Gasteiger partial charge in [0.15, 0.2) is 0 Å². The van der Waals surface area contributed by atoms with Crippen molar-refractivity contribution >= 4 is 32.4 Å². The zero-order chi connectivity index (χ0) is 22.8. The van der Waals surface area contributed by atoms with Gasteiger partial charge in [-0.05, 0) is 58.2 Å². The normalized spacial score (nSPS) is 11.8. The fourth-order valence-electron chi connectivity index (χ4n) is 2.70. The quantitative estimate of drug-likeness (QED) is 0.212. The average molecular weight is 455 g/mol. The number of carbonyl (C=O) groups excluding carboxylic acids is 2. The molecule has 1 aromatic rings. The molecule has 0 aliphatic rings. The van der Waals surface area contributed by atoms with E-state index in [0.717, 1.165) is 42.1 Å². The number of nitrogens with zero attached hydrogens (tertiary/aromatic N) is 1. The summed E-state index contributed by atoms with van der Waals surface area (Å²) < 4.78 is 13.5. The van der Waals surface area contributed by atoms with Crippen LogP contribution in [0.4, 0.5) is 4.79 Å². The molecule has 6 nitrogen and oxygen atoms in total. The van der Waals surface area contributed by atoms with Crippen molar-refractivity contribution in [2.45, 2.75) is 84.3 Å². The Bertz CT molecular complexity index is 751. The second kappa shape index (κ2) is 12.2. The molecule has 0 aromatic carbocycles. The SMILES string of the molecule is CC(C)(C)OC(=O)NCCCn1ccc(=S)cc1CCCC(=O)OCC[Si](C)(C)C. The van der Waals surface area contributed by atoms with Crippen LogP contribution in [0.1, 0.15) is 45.7 Å². The molecular formula is C22H38N2O4SSi. The van der Waals surface area contributed by atoms with Crippen molar-refractivity contribution in [3.05, 3.63) is 28.5 Å². The zero-order valence-electron chi connectivity index (χ0n) is 19.4. The molecule has 1 rings (SSSR count). The third kappa shape index (κ3) is 12.8. The minimum atomic E-state index is -1.18. The number of amides is 1. The van der Waals surface area contributed by atoms with E-state index in [0.29, 0.717) is 19.6 Å². The van der Waals surface area contributed by atoms with Crippen molar-refractivity contribution in [3.63, 3.8) is 0 Å². The molecule has 0 saturated carbocycles. The summed E-state index contributed by atoms with van der Waals surface area (Å²) in [5, 5.41) is 2.78. The molecule has 0 spiro atoms. The largest absolute Gasteiger partial charge is 0.466 e. The van der Waals surface area contributed by atoms with Crippen LogP contribution in [0.2, 0.25) is 25.7 Å². The highest BCUT2D eigenvalue weighted by atomic mass is 32.1. The van der Waals surface area contributed by atoms with Crippen LogP contribution in [0.3, 0.4) is 0 Å². The molecule has 1 aromatic heterocycles. The highest BCUT2D eigenvalue weighted by Crippen LogP contribution is 2.11. The van der Waals surface area contributed by atoms with Gasteiger partial charge < -0.3 is 19.4 Å². The lowest BCUT2D eigenvalue weighted by atomic mass is 10.1. The molecule has 1 amide bonds. The Morgan fingerprint density at radius 2 is 1.90 bits per heavy atom. The predicted molar refractivity (Wildman–Crippen MR) is 126 cm³/mol. The van der Waals surface area contributed by atoms with Crippen molar-refractivity contribution in [1.82, 2.24) is 9.88 Å². The van der Waals surface area contributed by atoms with Gasteiger partial charge in [0.2, 0.25) is 0 Å². The number of alkyl carbamates (subject to hydrolysis) is 1. The molecule has 0 fully saturated rings. The van der Waals surface area contributed by atoms with Crippen LogP contribution in [-0.2, 0) is 27.2 Å². The molecule has 1 heterocycles. The van der Waals surface area contributed by atoms with Crippen LogP contribution in [0, 0.1) is 4.51 Å².